The molecule has 34 heavy (non-hydrogen) atoms. The van der Waals surface area contributed by atoms with E-state index in [4.69, 9.17) is 0 Å². The number of pyridine rings is 1. The molecule has 8 heteroatoms. The lowest BCUT2D eigenvalue weighted by atomic mass is 9.96. The Morgan fingerprint density at radius 2 is 1.38 bits per heavy atom. The van der Waals surface area contributed by atoms with Gasteiger partial charge in [-0.2, -0.15) is 0 Å². The summed E-state index contributed by atoms with van der Waals surface area (Å²) in [7, 11) is 0. The van der Waals surface area contributed by atoms with E-state index in [0.717, 1.165) is 50.3 Å². The first-order valence-electron chi connectivity index (χ1n) is 11.3. The zero-order valence-corrected chi connectivity index (χ0v) is 19.7. The van der Waals surface area contributed by atoms with Crippen LogP contribution >= 0.6 is 12.4 Å². The van der Waals surface area contributed by atoms with Crippen LogP contribution in [0.4, 0.5) is 8.78 Å². The maximum Gasteiger partial charge on any atom is 0.251 e. The average molecular weight is 487 g/mol. The average Bonchev–Trinajstić information content (AvgIpc) is 2.85. The van der Waals surface area contributed by atoms with Crippen LogP contribution < -0.4 is 5.32 Å². The number of carbonyl (C=O) groups excluding carboxylic acids is 1. The molecule has 2 heterocycles. The Morgan fingerprint density at radius 3 is 1.91 bits per heavy atom. The first-order chi connectivity index (χ1) is 16.1. The number of carbonyl (C=O) groups is 1. The topological polar surface area (TPSA) is 48.5 Å². The van der Waals surface area contributed by atoms with Gasteiger partial charge in [0.05, 0.1) is 6.04 Å². The van der Waals surface area contributed by atoms with E-state index in [9.17, 15) is 13.6 Å². The standard InChI is InChI=1S/C26H28F2N4O.ClH/c27-23-6-2-20(3-7-23)25(21-4-8-24(28)9-5-21)32-18-16-31(17-19-32)15-1-12-30-26(33)22-10-13-29-14-11-22;/h2-11,13-14,25H,1,12,15-19H2,(H,30,33);1H. The molecule has 1 saturated heterocycles. The Morgan fingerprint density at radius 1 is 0.853 bits per heavy atom. The minimum Gasteiger partial charge on any atom is -0.352 e. The summed E-state index contributed by atoms with van der Waals surface area (Å²) in [6.07, 6.45) is 4.09. The highest BCUT2D eigenvalue weighted by molar-refractivity contribution is 5.93. The van der Waals surface area contributed by atoms with Crippen molar-refractivity contribution in [2.24, 2.45) is 0 Å². The highest BCUT2D eigenvalue weighted by Gasteiger charge is 2.26. The molecule has 5 nitrogen and oxygen atoms in total. The van der Waals surface area contributed by atoms with Crippen molar-refractivity contribution in [1.29, 1.82) is 0 Å². The molecule has 0 unspecified atom stereocenters. The molecule has 0 aliphatic carbocycles. The van der Waals surface area contributed by atoms with Gasteiger partial charge in [-0.05, 0) is 60.5 Å². The molecule has 180 valence electrons. The molecule has 0 radical (unpaired) electrons. The monoisotopic (exact) mass is 486 g/mol. The van der Waals surface area contributed by atoms with E-state index in [1.807, 2.05) is 0 Å². The third-order valence-electron chi connectivity index (χ3n) is 6.02. The van der Waals surface area contributed by atoms with Gasteiger partial charge >= 0.3 is 0 Å². The molecule has 0 spiro atoms. The van der Waals surface area contributed by atoms with Crippen LogP contribution in [0.15, 0.2) is 73.1 Å². The maximum absolute atomic E-state index is 13.5. The fraction of sp³-hybridized carbons (Fsp3) is 0.308. The lowest BCUT2D eigenvalue weighted by molar-refractivity contribution is 0.0941. The summed E-state index contributed by atoms with van der Waals surface area (Å²) in [5, 5.41) is 2.95. The second-order valence-corrected chi connectivity index (χ2v) is 8.23. The van der Waals surface area contributed by atoms with Crippen molar-refractivity contribution in [1.82, 2.24) is 20.1 Å². The molecular weight excluding hydrogens is 458 g/mol. The van der Waals surface area contributed by atoms with Gasteiger partial charge in [0.25, 0.3) is 5.91 Å². The van der Waals surface area contributed by atoms with E-state index in [2.05, 4.69) is 20.1 Å². The van der Waals surface area contributed by atoms with E-state index in [1.54, 1.807) is 48.8 Å². The molecule has 1 amide bonds. The molecule has 0 atom stereocenters. The maximum atomic E-state index is 13.5. The van der Waals surface area contributed by atoms with Crippen LogP contribution in [0, 0.1) is 11.6 Å². The Balaban J connectivity index is 0.00000324. The number of aromatic nitrogens is 1. The predicted octanol–water partition coefficient (Wildman–Crippen LogP) is 4.31. The molecule has 2 aromatic carbocycles. The number of hydrogen-bond donors (Lipinski definition) is 1. The number of benzene rings is 2. The van der Waals surface area contributed by atoms with Crippen LogP contribution in [0.2, 0.25) is 0 Å². The van der Waals surface area contributed by atoms with Crippen LogP contribution in [0.25, 0.3) is 0 Å². The van der Waals surface area contributed by atoms with E-state index >= 15 is 0 Å². The molecule has 0 saturated carbocycles. The Kier molecular flexibility index (Phi) is 9.51. The van der Waals surface area contributed by atoms with Gasteiger partial charge in [-0.15, -0.1) is 12.4 Å². The van der Waals surface area contributed by atoms with Crippen molar-refractivity contribution in [3.05, 3.63) is 101 Å². The largest absolute Gasteiger partial charge is 0.352 e. The zero-order chi connectivity index (χ0) is 23.0. The van der Waals surface area contributed by atoms with E-state index < -0.39 is 0 Å². The predicted molar refractivity (Wildman–Crippen MR) is 131 cm³/mol. The summed E-state index contributed by atoms with van der Waals surface area (Å²) in [4.78, 5) is 20.8. The summed E-state index contributed by atoms with van der Waals surface area (Å²) in [5.74, 6) is -0.612. The third-order valence-corrected chi connectivity index (χ3v) is 6.02. The molecule has 4 rings (SSSR count). The molecular formula is C26H29ClF2N4O. The second kappa shape index (κ2) is 12.6. The number of amides is 1. The highest BCUT2D eigenvalue weighted by Crippen LogP contribution is 2.30. The Hall–Kier alpha value is -2.87. The van der Waals surface area contributed by atoms with Crippen molar-refractivity contribution in [3.63, 3.8) is 0 Å². The number of piperazine rings is 1. The van der Waals surface area contributed by atoms with Crippen molar-refractivity contribution in [2.75, 3.05) is 39.3 Å². The number of hydrogen-bond acceptors (Lipinski definition) is 4. The fourth-order valence-corrected chi connectivity index (χ4v) is 4.26. The molecule has 1 fully saturated rings. The summed E-state index contributed by atoms with van der Waals surface area (Å²) < 4.78 is 27.0. The quantitative estimate of drug-likeness (QED) is 0.482. The number of halogens is 3. The van der Waals surface area contributed by atoms with E-state index in [-0.39, 0.29) is 36.0 Å². The van der Waals surface area contributed by atoms with Gasteiger partial charge in [0.2, 0.25) is 0 Å². The molecule has 3 aromatic rings. The number of nitrogens with one attached hydrogen (secondary N) is 1. The minimum absolute atomic E-state index is 0. The Bertz CT molecular complexity index is 981. The van der Waals surface area contributed by atoms with Crippen molar-refractivity contribution < 1.29 is 13.6 Å². The van der Waals surface area contributed by atoms with Crippen LogP contribution in [-0.4, -0.2) is 60.0 Å². The number of rotatable bonds is 8. The smallest absolute Gasteiger partial charge is 0.251 e. The SMILES string of the molecule is Cl.O=C(NCCCN1CCN(C(c2ccc(F)cc2)c2ccc(F)cc2)CC1)c1ccncc1. The van der Waals surface area contributed by atoms with E-state index in [0.29, 0.717) is 12.1 Å². The minimum atomic E-state index is -0.266. The van der Waals surface area contributed by atoms with Gasteiger partial charge in [0.1, 0.15) is 11.6 Å². The van der Waals surface area contributed by atoms with Gasteiger partial charge < -0.3 is 10.2 Å². The third kappa shape index (κ3) is 6.82. The summed E-state index contributed by atoms with van der Waals surface area (Å²) in [6, 6.07) is 16.5. The molecule has 1 aliphatic rings. The lowest BCUT2D eigenvalue weighted by Crippen LogP contribution is -2.48. The van der Waals surface area contributed by atoms with E-state index in [1.165, 1.54) is 24.3 Å². The fourth-order valence-electron chi connectivity index (χ4n) is 4.26. The van der Waals surface area contributed by atoms with Gasteiger partial charge in [0.15, 0.2) is 0 Å². The summed E-state index contributed by atoms with van der Waals surface area (Å²) >= 11 is 0. The lowest BCUT2D eigenvalue weighted by Gasteiger charge is -2.40. The van der Waals surface area contributed by atoms with Crippen LogP contribution in [-0.2, 0) is 0 Å². The van der Waals surface area contributed by atoms with Gasteiger partial charge in [-0.25, -0.2) is 8.78 Å². The van der Waals surface area contributed by atoms with Crippen LogP contribution in [0.3, 0.4) is 0 Å². The van der Waals surface area contributed by atoms with Crippen LogP contribution in [0.1, 0.15) is 33.9 Å². The molecule has 1 N–H and O–H groups in total. The summed E-state index contributed by atoms with van der Waals surface area (Å²) in [5.41, 5.74) is 2.61. The van der Waals surface area contributed by atoms with Crippen LogP contribution in [0.5, 0.6) is 0 Å². The normalized spacial score (nSPS) is 14.6. The second-order valence-electron chi connectivity index (χ2n) is 8.23. The van der Waals surface area contributed by atoms with Gasteiger partial charge in [-0.3, -0.25) is 14.7 Å². The van der Waals surface area contributed by atoms with Gasteiger partial charge in [0, 0.05) is 50.7 Å². The van der Waals surface area contributed by atoms with Crippen molar-refractivity contribution in [3.8, 4) is 0 Å². The zero-order valence-electron chi connectivity index (χ0n) is 18.9. The number of nitrogens with zero attached hydrogens (tertiary/aromatic N) is 3. The Labute approximate surface area is 205 Å². The molecule has 0 bridgehead atoms. The van der Waals surface area contributed by atoms with Gasteiger partial charge in [-0.1, -0.05) is 24.3 Å². The first-order valence-corrected chi connectivity index (χ1v) is 11.3. The van der Waals surface area contributed by atoms with Crippen molar-refractivity contribution >= 4 is 18.3 Å². The van der Waals surface area contributed by atoms with Crippen molar-refractivity contribution in [2.45, 2.75) is 12.5 Å². The summed E-state index contributed by atoms with van der Waals surface area (Å²) in [6.45, 7) is 5.03. The first kappa shape index (κ1) is 25.7. The molecule has 1 aliphatic heterocycles. The molecule has 1 aromatic heterocycles. The highest BCUT2D eigenvalue weighted by atomic mass is 35.5.